The number of nitrogen functional groups attached to an aromatic ring is 1. The summed E-state index contributed by atoms with van der Waals surface area (Å²) >= 11 is 1.35. The first-order chi connectivity index (χ1) is 7.25. The lowest BCUT2D eigenvalue weighted by Gasteiger charge is -1.99. The highest BCUT2D eigenvalue weighted by molar-refractivity contribution is 7.15. The van der Waals surface area contributed by atoms with E-state index in [0.717, 1.165) is 5.01 Å². The second-order valence-electron chi connectivity index (χ2n) is 3.13. The number of rotatable bonds is 3. The Morgan fingerprint density at radius 3 is 2.67 bits per heavy atom. The zero-order chi connectivity index (χ0) is 10.7. The third kappa shape index (κ3) is 2.50. The molecular formula is C10H10FN3S. The Labute approximate surface area is 90.8 Å². The summed E-state index contributed by atoms with van der Waals surface area (Å²) in [5.74, 6) is -0.171. The van der Waals surface area contributed by atoms with E-state index in [9.17, 15) is 4.39 Å². The fourth-order valence-corrected chi connectivity index (χ4v) is 1.92. The minimum atomic E-state index is -0.171. The number of halogens is 1. The predicted octanol–water partition coefficient (Wildman–Crippen LogP) is 2.04. The van der Waals surface area contributed by atoms with Crippen LogP contribution in [0.1, 0.15) is 10.6 Å². The number of hydrogen-bond donors (Lipinski definition) is 1. The van der Waals surface area contributed by atoms with Crippen LogP contribution in [-0.4, -0.2) is 10.2 Å². The molecule has 0 bridgehead atoms. The van der Waals surface area contributed by atoms with Crippen LogP contribution in [0.25, 0.3) is 0 Å². The van der Waals surface area contributed by atoms with Crippen LogP contribution in [0.5, 0.6) is 0 Å². The van der Waals surface area contributed by atoms with Crippen LogP contribution in [0.2, 0.25) is 0 Å². The lowest BCUT2D eigenvalue weighted by molar-refractivity contribution is 0.608. The zero-order valence-corrected chi connectivity index (χ0v) is 8.80. The van der Waals surface area contributed by atoms with Gasteiger partial charge in [0, 0.05) is 6.42 Å². The van der Waals surface area contributed by atoms with Gasteiger partial charge in [-0.05, 0) is 18.1 Å². The molecular weight excluding hydrogens is 213 g/mol. The Morgan fingerprint density at radius 2 is 2.00 bits per heavy atom. The van der Waals surface area contributed by atoms with Crippen molar-refractivity contribution in [3.8, 4) is 0 Å². The van der Waals surface area contributed by atoms with E-state index < -0.39 is 0 Å². The molecule has 0 aliphatic rings. The van der Waals surface area contributed by atoms with Crippen molar-refractivity contribution in [2.45, 2.75) is 12.8 Å². The molecule has 0 saturated carbocycles. The molecule has 15 heavy (non-hydrogen) atoms. The smallest absolute Gasteiger partial charge is 0.203 e. The Bertz CT molecular complexity index is 455. The van der Waals surface area contributed by atoms with Gasteiger partial charge in [0.1, 0.15) is 10.8 Å². The number of anilines is 1. The Balaban J connectivity index is 2.02. The van der Waals surface area contributed by atoms with Crippen molar-refractivity contribution in [2.24, 2.45) is 0 Å². The van der Waals surface area contributed by atoms with Crippen LogP contribution in [0.3, 0.4) is 0 Å². The highest BCUT2D eigenvalue weighted by Crippen LogP contribution is 2.15. The summed E-state index contributed by atoms with van der Waals surface area (Å²) in [6.45, 7) is 0. The van der Waals surface area contributed by atoms with Gasteiger partial charge in [0.05, 0.1) is 0 Å². The maximum atomic E-state index is 13.2. The van der Waals surface area contributed by atoms with Crippen molar-refractivity contribution in [3.63, 3.8) is 0 Å². The second-order valence-corrected chi connectivity index (χ2v) is 4.22. The van der Waals surface area contributed by atoms with Crippen molar-refractivity contribution in [3.05, 3.63) is 40.7 Å². The van der Waals surface area contributed by atoms with Gasteiger partial charge < -0.3 is 5.73 Å². The highest BCUT2D eigenvalue weighted by atomic mass is 32.1. The molecule has 0 saturated heterocycles. The van der Waals surface area contributed by atoms with Gasteiger partial charge >= 0.3 is 0 Å². The van der Waals surface area contributed by atoms with Crippen molar-refractivity contribution < 1.29 is 4.39 Å². The summed E-state index contributed by atoms with van der Waals surface area (Å²) in [6, 6.07) is 6.75. The summed E-state index contributed by atoms with van der Waals surface area (Å²) in [4.78, 5) is 0. The van der Waals surface area contributed by atoms with Crippen LogP contribution < -0.4 is 5.73 Å². The van der Waals surface area contributed by atoms with Crippen molar-refractivity contribution in [1.82, 2.24) is 10.2 Å². The first-order valence-electron chi connectivity index (χ1n) is 4.57. The topological polar surface area (TPSA) is 51.8 Å². The highest BCUT2D eigenvalue weighted by Gasteiger charge is 2.04. The van der Waals surface area contributed by atoms with Crippen molar-refractivity contribution >= 4 is 16.5 Å². The van der Waals surface area contributed by atoms with Crippen LogP contribution in [0, 0.1) is 5.82 Å². The van der Waals surface area contributed by atoms with Gasteiger partial charge in [0.2, 0.25) is 5.13 Å². The molecule has 0 unspecified atom stereocenters. The number of aromatic nitrogens is 2. The Morgan fingerprint density at radius 1 is 1.20 bits per heavy atom. The number of nitrogens with two attached hydrogens (primary N) is 1. The standard InChI is InChI=1S/C10H10FN3S/c11-8-4-2-1-3-7(8)5-6-9-13-14-10(12)15-9/h1-4H,5-6H2,(H2,12,14). The molecule has 5 heteroatoms. The van der Waals surface area contributed by atoms with E-state index >= 15 is 0 Å². The average Bonchev–Trinajstić information content (AvgIpc) is 2.63. The Kier molecular flexibility index (Phi) is 2.91. The number of aryl methyl sites for hydroxylation is 2. The molecule has 0 aliphatic heterocycles. The molecule has 1 heterocycles. The lowest BCUT2D eigenvalue weighted by atomic mass is 10.1. The van der Waals surface area contributed by atoms with Gasteiger partial charge in [-0.1, -0.05) is 29.5 Å². The number of benzene rings is 1. The summed E-state index contributed by atoms with van der Waals surface area (Å²) in [7, 11) is 0. The van der Waals surface area contributed by atoms with E-state index in [1.54, 1.807) is 12.1 Å². The average molecular weight is 223 g/mol. The van der Waals surface area contributed by atoms with Gasteiger partial charge in [0.25, 0.3) is 0 Å². The van der Waals surface area contributed by atoms with Gasteiger partial charge in [-0.15, -0.1) is 10.2 Å². The van der Waals surface area contributed by atoms with E-state index in [1.807, 2.05) is 6.07 Å². The first-order valence-corrected chi connectivity index (χ1v) is 5.38. The minimum absolute atomic E-state index is 0.171. The summed E-state index contributed by atoms with van der Waals surface area (Å²) < 4.78 is 13.2. The molecule has 0 spiro atoms. The normalized spacial score (nSPS) is 10.5. The SMILES string of the molecule is Nc1nnc(CCc2ccccc2F)s1. The van der Waals surface area contributed by atoms with Gasteiger partial charge in [-0.2, -0.15) is 0 Å². The maximum absolute atomic E-state index is 13.2. The molecule has 0 fully saturated rings. The molecule has 0 atom stereocenters. The summed E-state index contributed by atoms with van der Waals surface area (Å²) in [5.41, 5.74) is 6.15. The number of nitrogens with zero attached hydrogens (tertiary/aromatic N) is 2. The van der Waals surface area contributed by atoms with Crippen LogP contribution in [0.15, 0.2) is 24.3 Å². The van der Waals surface area contributed by atoms with E-state index in [4.69, 9.17) is 5.73 Å². The molecule has 78 valence electrons. The van der Waals surface area contributed by atoms with Gasteiger partial charge in [-0.3, -0.25) is 0 Å². The van der Waals surface area contributed by atoms with E-state index in [-0.39, 0.29) is 5.82 Å². The molecule has 0 radical (unpaired) electrons. The van der Waals surface area contributed by atoms with E-state index in [1.165, 1.54) is 17.4 Å². The Hall–Kier alpha value is -1.49. The van der Waals surface area contributed by atoms with Crippen molar-refractivity contribution in [2.75, 3.05) is 5.73 Å². The van der Waals surface area contributed by atoms with Crippen LogP contribution >= 0.6 is 11.3 Å². The quantitative estimate of drug-likeness (QED) is 0.866. The van der Waals surface area contributed by atoms with Crippen molar-refractivity contribution in [1.29, 1.82) is 0 Å². The van der Waals surface area contributed by atoms with Gasteiger partial charge in [0.15, 0.2) is 0 Å². The fraction of sp³-hybridized carbons (Fsp3) is 0.200. The third-order valence-electron chi connectivity index (χ3n) is 2.05. The monoisotopic (exact) mass is 223 g/mol. The molecule has 0 amide bonds. The summed E-state index contributed by atoms with van der Waals surface area (Å²) in [5, 5.41) is 8.89. The maximum Gasteiger partial charge on any atom is 0.203 e. The van der Waals surface area contributed by atoms with Gasteiger partial charge in [-0.25, -0.2) is 4.39 Å². The summed E-state index contributed by atoms with van der Waals surface area (Å²) in [6.07, 6.45) is 1.30. The molecule has 2 aromatic rings. The molecule has 2 rings (SSSR count). The number of hydrogen-bond acceptors (Lipinski definition) is 4. The molecule has 1 aromatic heterocycles. The molecule has 3 nitrogen and oxygen atoms in total. The lowest BCUT2D eigenvalue weighted by Crippen LogP contribution is -1.93. The largest absolute Gasteiger partial charge is 0.374 e. The van der Waals surface area contributed by atoms with E-state index in [2.05, 4.69) is 10.2 Å². The predicted molar refractivity (Wildman–Crippen MR) is 58.1 cm³/mol. The molecule has 2 N–H and O–H groups in total. The first kappa shape index (κ1) is 10.0. The zero-order valence-electron chi connectivity index (χ0n) is 7.98. The third-order valence-corrected chi connectivity index (χ3v) is 2.86. The fourth-order valence-electron chi connectivity index (χ4n) is 1.31. The van der Waals surface area contributed by atoms with Crippen LogP contribution in [0.4, 0.5) is 9.52 Å². The second kappa shape index (κ2) is 4.35. The van der Waals surface area contributed by atoms with E-state index in [0.29, 0.717) is 23.5 Å². The van der Waals surface area contributed by atoms with Crippen LogP contribution in [-0.2, 0) is 12.8 Å². The minimum Gasteiger partial charge on any atom is -0.374 e. The molecule has 0 aliphatic carbocycles. The molecule has 1 aromatic carbocycles.